The molecule has 2 aromatic carbocycles. The van der Waals surface area contributed by atoms with Crippen molar-refractivity contribution in [3.63, 3.8) is 0 Å². The molecule has 158 valence electrons. The highest BCUT2D eigenvalue weighted by Crippen LogP contribution is 2.23. The van der Waals surface area contributed by atoms with Crippen LogP contribution in [0.25, 0.3) is 11.3 Å². The summed E-state index contributed by atoms with van der Waals surface area (Å²) in [6.07, 6.45) is 5.48. The first kappa shape index (κ1) is 20.8. The van der Waals surface area contributed by atoms with Gasteiger partial charge in [0.05, 0.1) is 11.9 Å². The lowest BCUT2D eigenvalue weighted by Gasteiger charge is -2.34. The highest BCUT2D eigenvalue weighted by molar-refractivity contribution is 5.62. The molecule has 0 amide bonds. The maximum Gasteiger partial charge on any atom is 0.123 e. The summed E-state index contributed by atoms with van der Waals surface area (Å²) in [7, 11) is 2.21. The van der Waals surface area contributed by atoms with Crippen molar-refractivity contribution in [2.75, 3.05) is 33.2 Å². The van der Waals surface area contributed by atoms with Crippen molar-refractivity contribution in [3.05, 3.63) is 77.7 Å². The van der Waals surface area contributed by atoms with E-state index in [0.29, 0.717) is 5.92 Å². The molecule has 1 atom stereocenters. The minimum absolute atomic E-state index is 0.159. The largest absolute Gasteiger partial charge is 0.303 e. The average Bonchev–Trinajstić information content (AvgIpc) is 3.22. The normalized spacial score (nSPS) is 17.5. The minimum Gasteiger partial charge on any atom is -0.303 e. The van der Waals surface area contributed by atoms with Crippen molar-refractivity contribution in [3.8, 4) is 11.3 Å². The fourth-order valence-electron chi connectivity index (χ4n) is 4.52. The number of hydrogen-bond acceptors (Lipinski definition) is 3. The number of hydrogen-bond donors (Lipinski definition) is 1. The number of rotatable bonds is 8. The first-order valence-corrected chi connectivity index (χ1v) is 10.9. The van der Waals surface area contributed by atoms with Gasteiger partial charge in [0.25, 0.3) is 0 Å². The van der Waals surface area contributed by atoms with Gasteiger partial charge in [-0.15, -0.1) is 0 Å². The summed E-state index contributed by atoms with van der Waals surface area (Å²) in [4.78, 5) is 4.99. The van der Waals surface area contributed by atoms with E-state index in [4.69, 9.17) is 0 Å². The number of aromatic nitrogens is 2. The van der Waals surface area contributed by atoms with E-state index in [1.54, 1.807) is 12.1 Å². The number of H-pyrrole nitrogens is 1. The molecule has 5 heteroatoms. The molecule has 30 heavy (non-hydrogen) atoms. The van der Waals surface area contributed by atoms with E-state index in [-0.39, 0.29) is 5.82 Å². The van der Waals surface area contributed by atoms with Gasteiger partial charge in [-0.1, -0.05) is 42.5 Å². The molecule has 0 spiro atoms. The van der Waals surface area contributed by atoms with Gasteiger partial charge in [0.1, 0.15) is 5.82 Å². The first-order chi connectivity index (χ1) is 14.7. The summed E-state index contributed by atoms with van der Waals surface area (Å²) in [6, 6.07) is 17.3. The van der Waals surface area contributed by atoms with E-state index < -0.39 is 0 Å². The van der Waals surface area contributed by atoms with Crippen LogP contribution in [0, 0.1) is 11.7 Å². The molecule has 4 rings (SSSR count). The Kier molecular flexibility index (Phi) is 6.92. The fraction of sp³-hybridized carbons (Fsp3) is 0.400. The molecule has 0 aliphatic carbocycles. The van der Waals surface area contributed by atoms with E-state index in [2.05, 4.69) is 51.3 Å². The molecule has 1 aliphatic heterocycles. The van der Waals surface area contributed by atoms with Gasteiger partial charge < -0.3 is 9.80 Å². The SMILES string of the molecule is CN(Cc1cn[nH]c1-c1ccccc1)C[C@@H]1CCCN(CCc2ccc(F)cc2)C1. The van der Waals surface area contributed by atoms with Crippen LogP contribution in [0.3, 0.4) is 0 Å². The van der Waals surface area contributed by atoms with Crippen molar-refractivity contribution in [1.82, 2.24) is 20.0 Å². The van der Waals surface area contributed by atoms with Gasteiger partial charge in [-0.05, 0) is 62.0 Å². The molecule has 2 heterocycles. The molecular formula is C25H31FN4. The zero-order valence-electron chi connectivity index (χ0n) is 17.7. The molecule has 0 saturated carbocycles. The van der Waals surface area contributed by atoms with E-state index >= 15 is 0 Å². The predicted molar refractivity (Wildman–Crippen MR) is 120 cm³/mol. The Labute approximate surface area is 178 Å². The van der Waals surface area contributed by atoms with Crippen molar-refractivity contribution >= 4 is 0 Å². The number of halogens is 1. The van der Waals surface area contributed by atoms with Crippen LogP contribution in [-0.4, -0.2) is 53.2 Å². The Morgan fingerprint density at radius 3 is 2.73 bits per heavy atom. The highest BCUT2D eigenvalue weighted by Gasteiger charge is 2.21. The van der Waals surface area contributed by atoms with E-state index in [1.165, 1.54) is 36.1 Å². The molecule has 0 bridgehead atoms. The second-order valence-corrected chi connectivity index (χ2v) is 8.52. The van der Waals surface area contributed by atoms with Gasteiger partial charge >= 0.3 is 0 Å². The van der Waals surface area contributed by atoms with Crippen LogP contribution in [0.15, 0.2) is 60.8 Å². The standard InChI is InChI=1S/C25H31FN4/c1-29(19-23-16-27-28-25(23)22-7-3-2-4-8-22)17-21-6-5-14-30(18-21)15-13-20-9-11-24(26)12-10-20/h2-4,7-12,16,21H,5-6,13-15,17-19H2,1H3,(H,27,28)/t21-/m0/s1. The van der Waals surface area contributed by atoms with Crippen molar-refractivity contribution < 1.29 is 4.39 Å². The van der Waals surface area contributed by atoms with Crippen LogP contribution in [0.4, 0.5) is 4.39 Å². The quantitative estimate of drug-likeness (QED) is 0.594. The molecule has 1 aromatic heterocycles. The Morgan fingerprint density at radius 2 is 1.93 bits per heavy atom. The summed E-state index contributed by atoms with van der Waals surface area (Å²) in [5.74, 6) is 0.525. The van der Waals surface area contributed by atoms with Gasteiger partial charge in [-0.2, -0.15) is 5.10 Å². The first-order valence-electron chi connectivity index (χ1n) is 10.9. The van der Waals surface area contributed by atoms with Crippen LogP contribution in [0.2, 0.25) is 0 Å². The van der Waals surface area contributed by atoms with Crippen molar-refractivity contribution in [2.24, 2.45) is 5.92 Å². The molecule has 3 aromatic rings. The summed E-state index contributed by atoms with van der Waals surface area (Å²) < 4.78 is 13.1. The number of piperidine rings is 1. The molecule has 0 unspecified atom stereocenters. The molecule has 1 saturated heterocycles. The second kappa shape index (κ2) is 10.0. The van der Waals surface area contributed by atoms with Crippen molar-refractivity contribution in [2.45, 2.75) is 25.8 Å². The molecule has 0 radical (unpaired) electrons. The average molecular weight is 407 g/mol. The van der Waals surface area contributed by atoms with Gasteiger partial charge in [-0.3, -0.25) is 5.10 Å². The smallest absolute Gasteiger partial charge is 0.123 e. The lowest BCUT2D eigenvalue weighted by atomic mass is 9.96. The number of aromatic amines is 1. The predicted octanol–water partition coefficient (Wildman–Crippen LogP) is 4.60. The number of benzene rings is 2. The Bertz CT molecular complexity index is 906. The lowest BCUT2D eigenvalue weighted by molar-refractivity contribution is 0.142. The van der Waals surface area contributed by atoms with Crippen LogP contribution < -0.4 is 0 Å². The topological polar surface area (TPSA) is 35.2 Å². The highest BCUT2D eigenvalue weighted by atomic mass is 19.1. The Hall–Kier alpha value is -2.50. The summed E-state index contributed by atoms with van der Waals surface area (Å²) in [5.41, 5.74) is 4.76. The van der Waals surface area contributed by atoms with Gasteiger partial charge in [0.2, 0.25) is 0 Å². The molecule has 1 aliphatic rings. The van der Waals surface area contributed by atoms with Crippen molar-refractivity contribution in [1.29, 1.82) is 0 Å². The summed E-state index contributed by atoms with van der Waals surface area (Å²) in [5, 5.41) is 7.45. The summed E-state index contributed by atoms with van der Waals surface area (Å²) in [6.45, 7) is 5.34. The van der Waals surface area contributed by atoms with Crippen LogP contribution in [-0.2, 0) is 13.0 Å². The minimum atomic E-state index is -0.159. The van der Waals surface area contributed by atoms with Gasteiger partial charge in [-0.25, -0.2) is 4.39 Å². The third-order valence-electron chi connectivity index (χ3n) is 6.02. The maximum absolute atomic E-state index is 13.1. The van der Waals surface area contributed by atoms with Crippen LogP contribution >= 0.6 is 0 Å². The fourth-order valence-corrected chi connectivity index (χ4v) is 4.52. The van der Waals surface area contributed by atoms with Gasteiger partial charge in [0.15, 0.2) is 0 Å². The van der Waals surface area contributed by atoms with E-state index in [9.17, 15) is 4.39 Å². The maximum atomic E-state index is 13.1. The number of likely N-dealkylation sites (tertiary alicyclic amines) is 1. The monoisotopic (exact) mass is 406 g/mol. The molecule has 4 nitrogen and oxygen atoms in total. The third kappa shape index (κ3) is 5.55. The van der Waals surface area contributed by atoms with Crippen LogP contribution in [0.5, 0.6) is 0 Å². The number of nitrogens with zero attached hydrogens (tertiary/aromatic N) is 3. The van der Waals surface area contributed by atoms with Gasteiger partial charge in [0, 0.05) is 31.7 Å². The molecular weight excluding hydrogens is 375 g/mol. The Morgan fingerprint density at radius 1 is 1.13 bits per heavy atom. The Balaban J connectivity index is 1.28. The number of nitrogens with one attached hydrogen (secondary N) is 1. The van der Waals surface area contributed by atoms with E-state index in [1.807, 2.05) is 24.4 Å². The molecule has 1 N–H and O–H groups in total. The third-order valence-corrected chi connectivity index (χ3v) is 6.02. The second-order valence-electron chi connectivity index (χ2n) is 8.52. The lowest BCUT2D eigenvalue weighted by Crippen LogP contribution is -2.40. The van der Waals surface area contributed by atoms with E-state index in [0.717, 1.165) is 38.3 Å². The zero-order chi connectivity index (χ0) is 20.8. The summed E-state index contributed by atoms with van der Waals surface area (Å²) >= 11 is 0. The molecule has 1 fully saturated rings. The zero-order valence-corrected chi connectivity index (χ0v) is 17.7. The van der Waals surface area contributed by atoms with Crippen LogP contribution in [0.1, 0.15) is 24.0 Å².